The molecule has 1 rings (SSSR count). The van der Waals surface area contributed by atoms with E-state index in [0.29, 0.717) is 11.8 Å². The van der Waals surface area contributed by atoms with Crippen LogP contribution in [0.4, 0.5) is 0 Å². The normalized spacial score (nSPS) is 29.5. The summed E-state index contributed by atoms with van der Waals surface area (Å²) in [7, 11) is 0. The zero-order valence-electron chi connectivity index (χ0n) is 11.1. The number of carboxylic acids is 1. The maximum absolute atomic E-state index is 11.5. The summed E-state index contributed by atoms with van der Waals surface area (Å²) in [6.45, 7) is 4.62. The molecule has 17 heavy (non-hydrogen) atoms. The zero-order valence-corrected chi connectivity index (χ0v) is 11.1. The molecule has 0 spiro atoms. The lowest BCUT2D eigenvalue weighted by Crippen LogP contribution is -2.36. The van der Waals surface area contributed by atoms with Crippen LogP contribution in [0.25, 0.3) is 0 Å². The second kappa shape index (κ2) is 6.39. The molecule has 0 aromatic carbocycles. The minimum atomic E-state index is -0.627. The predicted octanol–water partition coefficient (Wildman–Crippen LogP) is 3.07. The molecule has 1 aliphatic rings. The Labute approximate surface area is 104 Å². The third-order valence-corrected chi connectivity index (χ3v) is 4.45. The van der Waals surface area contributed by atoms with Crippen molar-refractivity contribution in [2.45, 2.75) is 58.8 Å². The molecule has 2 N–H and O–H groups in total. The van der Waals surface area contributed by atoms with Crippen LogP contribution >= 0.6 is 0 Å². The quantitative estimate of drug-likeness (QED) is 0.704. The van der Waals surface area contributed by atoms with E-state index in [4.69, 9.17) is 5.11 Å². The van der Waals surface area contributed by atoms with Crippen molar-refractivity contribution in [2.75, 3.05) is 6.61 Å². The summed E-state index contributed by atoms with van der Waals surface area (Å²) < 4.78 is 0. The van der Waals surface area contributed by atoms with E-state index in [-0.39, 0.29) is 6.61 Å². The first kappa shape index (κ1) is 14.5. The van der Waals surface area contributed by atoms with Crippen LogP contribution in [0.15, 0.2) is 0 Å². The molecule has 0 saturated heterocycles. The molecular weight excluding hydrogens is 216 g/mol. The van der Waals surface area contributed by atoms with E-state index < -0.39 is 11.4 Å². The lowest BCUT2D eigenvalue weighted by Gasteiger charge is -2.38. The second-order valence-corrected chi connectivity index (χ2v) is 5.85. The van der Waals surface area contributed by atoms with Gasteiger partial charge in [0.15, 0.2) is 0 Å². The number of carboxylic acid groups (broad SMARTS) is 1. The van der Waals surface area contributed by atoms with Gasteiger partial charge in [-0.05, 0) is 50.4 Å². The lowest BCUT2D eigenvalue weighted by molar-refractivity contribution is -0.152. The third-order valence-electron chi connectivity index (χ3n) is 4.45. The Hall–Kier alpha value is -0.570. The smallest absolute Gasteiger partial charge is 0.309 e. The maximum Gasteiger partial charge on any atom is 0.309 e. The molecule has 0 atom stereocenters. The van der Waals surface area contributed by atoms with Crippen molar-refractivity contribution in [2.24, 2.45) is 17.3 Å². The lowest BCUT2D eigenvalue weighted by atomic mass is 9.66. The van der Waals surface area contributed by atoms with Gasteiger partial charge in [0.05, 0.1) is 5.41 Å². The van der Waals surface area contributed by atoms with Gasteiger partial charge in [-0.25, -0.2) is 0 Å². The Kier molecular flexibility index (Phi) is 5.44. The van der Waals surface area contributed by atoms with Gasteiger partial charge in [-0.3, -0.25) is 4.79 Å². The number of carbonyl (C=O) groups is 1. The summed E-state index contributed by atoms with van der Waals surface area (Å²) in [6.07, 6.45) is 6.00. The molecule has 100 valence electrons. The molecule has 0 aromatic heterocycles. The summed E-state index contributed by atoms with van der Waals surface area (Å²) in [5.74, 6) is 0.734. The van der Waals surface area contributed by atoms with Gasteiger partial charge in [0.2, 0.25) is 0 Å². The summed E-state index contributed by atoms with van der Waals surface area (Å²) in [4.78, 5) is 11.5. The zero-order chi connectivity index (χ0) is 12.9. The Balaban J connectivity index is 2.54. The molecule has 0 aromatic rings. The fourth-order valence-electron chi connectivity index (χ4n) is 3.01. The van der Waals surface area contributed by atoms with Gasteiger partial charge in [0.1, 0.15) is 0 Å². The number of aliphatic hydroxyl groups is 1. The Bertz CT molecular complexity index is 240. The van der Waals surface area contributed by atoms with E-state index in [1.54, 1.807) is 0 Å². The molecule has 1 aliphatic carbocycles. The Morgan fingerprint density at radius 1 is 1.29 bits per heavy atom. The predicted molar refractivity (Wildman–Crippen MR) is 67.8 cm³/mol. The van der Waals surface area contributed by atoms with Crippen LogP contribution in [0.2, 0.25) is 0 Å². The second-order valence-electron chi connectivity index (χ2n) is 5.85. The molecule has 0 amide bonds. The fourth-order valence-corrected chi connectivity index (χ4v) is 3.01. The van der Waals surface area contributed by atoms with Crippen LogP contribution in [-0.4, -0.2) is 22.8 Å². The number of hydrogen-bond donors (Lipinski definition) is 2. The van der Waals surface area contributed by atoms with Crippen molar-refractivity contribution in [1.29, 1.82) is 0 Å². The number of aliphatic hydroxyl groups excluding tert-OH is 1. The molecule has 3 nitrogen and oxygen atoms in total. The van der Waals surface area contributed by atoms with Gasteiger partial charge in [0, 0.05) is 6.61 Å². The number of hydrogen-bond acceptors (Lipinski definition) is 2. The van der Waals surface area contributed by atoms with Crippen molar-refractivity contribution in [3.05, 3.63) is 0 Å². The van der Waals surface area contributed by atoms with Crippen LogP contribution in [-0.2, 0) is 4.79 Å². The van der Waals surface area contributed by atoms with E-state index in [9.17, 15) is 9.90 Å². The standard InChI is InChI=1S/C14H26O3/c1-11(2)12-5-8-14(9-6-12,13(16)17)7-3-4-10-15/h11-12,15H,3-10H2,1-2H3,(H,16,17). The number of aliphatic carboxylic acids is 1. The molecule has 0 heterocycles. The van der Waals surface area contributed by atoms with Crippen LogP contribution < -0.4 is 0 Å². The Morgan fingerprint density at radius 2 is 1.88 bits per heavy atom. The minimum Gasteiger partial charge on any atom is -0.481 e. The van der Waals surface area contributed by atoms with Gasteiger partial charge >= 0.3 is 5.97 Å². The van der Waals surface area contributed by atoms with Gasteiger partial charge < -0.3 is 10.2 Å². The molecular formula is C14H26O3. The van der Waals surface area contributed by atoms with Gasteiger partial charge in [-0.1, -0.05) is 20.3 Å². The third kappa shape index (κ3) is 3.70. The fraction of sp³-hybridized carbons (Fsp3) is 0.929. The van der Waals surface area contributed by atoms with Gasteiger partial charge in [-0.15, -0.1) is 0 Å². The van der Waals surface area contributed by atoms with Crippen molar-refractivity contribution >= 4 is 5.97 Å². The van der Waals surface area contributed by atoms with E-state index >= 15 is 0 Å². The van der Waals surface area contributed by atoms with Gasteiger partial charge in [0.25, 0.3) is 0 Å². The topological polar surface area (TPSA) is 57.5 Å². The van der Waals surface area contributed by atoms with Crippen LogP contribution in [0, 0.1) is 17.3 Å². The molecule has 1 saturated carbocycles. The molecule has 3 heteroatoms. The van der Waals surface area contributed by atoms with E-state index in [1.807, 2.05) is 0 Å². The molecule has 0 aliphatic heterocycles. The average Bonchev–Trinajstić information content (AvgIpc) is 2.29. The van der Waals surface area contributed by atoms with E-state index in [2.05, 4.69) is 13.8 Å². The van der Waals surface area contributed by atoms with E-state index in [0.717, 1.165) is 44.9 Å². The SMILES string of the molecule is CC(C)C1CCC(CCCCO)(C(=O)O)CC1. The van der Waals surface area contributed by atoms with Crippen molar-refractivity contribution in [3.8, 4) is 0 Å². The molecule has 0 unspecified atom stereocenters. The maximum atomic E-state index is 11.5. The number of unbranched alkanes of at least 4 members (excludes halogenated alkanes) is 1. The monoisotopic (exact) mass is 242 g/mol. The summed E-state index contributed by atoms with van der Waals surface area (Å²) >= 11 is 0. The number of rotatable bonds is 6. The highest BCUT2D eigenvalue weighted by atomic mass is 16.4. The molecule has 1 fully saturated rings. The average molecular weight is 242 g/mol. The van der Waals surface area contributed by atoms with Gasteiger partial charge in [-0.2, -0.15) is 0 Å². The summed E-state index contributed by atoms with van der Waals surface area (Å²) in [5, 5.41) is 18.2. The van der Waals surface area contributed by atoms with Crippen molar-refractivity contribution in [3.63, 3.8) is 0 Å². The highest BCUT2D eigenvalue weighted by molar-refractivity contribution is 5.74. The highest BCUT2D eigenvalue weighted by Crippen LogP contribution is 2.44. The van der Waals surface area contributed by atoms with Crippen LogP contribution in [0.5, 0.6) is 0 Å². The molecule has 0 bridgehead atoms. The first-order valence-electron chi connectivity index (χ1n) is 6.86. The Morgan fingerprint density at radius 3 is 2.29 bits per heavy atom. The minimum absolute atomic E-state index is 0.171. The van der Waals surface area contributed by atoms with Crippen molar-refractivity contribution in [1.82, 2.24) is 0 Å². The summed E-state index contributed by atoms with van der Waals surface area (Å²) in [6, 6.07) is 0. The highest BCUT2D eigenvalue weighted by Gasteiger charge is 2.41. The first-order chi connectivity index (χ1) is 8.02. The van der Waals surface area contributed by atoms with Crippen LogP contribution in [0.3, 0.4) is 0 Å². The first-order valence-corrected chi connectivity index (χ1v) is 6.86. The molecule has 0 radical (unpaired) electrons. The van der Waals surface area contributed by atoms with E-state index in [1.165, 1.54) is 0 Å². The largest absolute Gasteiger partial charge is 0.481 e. The van der Waals surface area contributed by atoms with Crippen molar-refractivity contribution < 1.29 is 15.0 Å². The van der Waals surface area contributed by atoms with Crippen LogP contribution in [0.1, 0.15) is 58.8 Å². The summed E-state index contributed by atoms with van der Waals surface area (Å²) in [5.41, 5.74) is -0.499.